The minimum Gasteiger partial charge on any atom is -0.363 e. The second-order valence-electron chi connectivity index (χ2n) is 6.15. The van der Waals surface area contributed by atoms with Crippen molar-refractivity contribution in [3.8, 4) is 11.1 Å². The van der Waals surface area contributed by atoms with Crippen LogP contribution in [0.5, 0.6) is 0 Å². The van der Waals surface area contributed by atoms with Crippen molar-refractivity contribution in [3.05, 3.63) is 72.2 Å². The fourth-order valence-corrected chi connectivity index (χ4v) is 3.14. The van der Waals surface area contributed by atoms with Crippen molar-refractivity contribution in [2.75, 3.05) is 11.6 Å². The van der Waals surface area contributed by atoms with Gasteiger partial charge in [-0.25, -0.2) is 22.2 Å². The molecule has 5 nitrogen and oxygen atoms in total. The Labute approximate surface area is 156 Å². The molecule has 0 fully saturated rings. The van der Waals surface area contributed by atoms with Gasteiger partial charge in [-0.2, -0.15) is 0 Å². The van der Waals surface area contributed by atoms with Crippen molar-refractivity contribution < 1.29 is 17.2 Å². The van der Waals surface area contributed by atoms with E-state index in [0.29, 0.717) is 11.4 Å². The first-order valence-electron chi connectivity index (χ1n) is 8.07. The third-order valence-electron chi connectivity index (χ3n) is 4.04. The van der Waals surface area contributed by atoms with Gasteiger partial charge >= 0.3 is 0 Å². The van der Waals surface area contributed by atoms with Gasteiger partial charge in [-0.15, -0.1) is 0 Å². The lowest BCUT2D eigenvalue weighted by molar-refractivity contribution is 0.601. The maximum absolute atomic E-state index is 14.6. The average Bonchev–Trinajstić information content (AvgIpc) is 2.62. The third-order valence-corrected chi connectivity index (χ3v) is 5.12. The Bertz CT molecular complexity index is 1070. The molecule has 1 N–H and O–H groups in total. The van der Waals surface area contributed by atoms with Crippen LogP contribution in [0, 0.1) is 11.6 Å². The van der Waals surface area contributed by atoms with Crippen LogP contribution in [0.25, 0.3) is 11.1 Å². The van der Waals surface area contributed by atoms with Crippen molar-refractivity contribution in [1.82, 2.24) is 9.97 Å². The summed E-state index contributed by atoms with van der Waals surface area (Å²) in [6.07, 6.45) is 4.97. The van der Waals surface area contributed by atoms with Crippen LogP contribution in [0.1, 0.15) is 18.5 Å². The largest absolute Gasteiger partial charge is 0.363 e. The monoisotopic (exact) mass is 389 g/mol. The summed E-state index contributed by atoms with van der Waals surface area (Å²) in [6.45, 7) is 1.85. The highest BCUT2D eigenvalue weighted by Crippen LogP contribution is 2.26. The highest BCUT2D eigenvalue weighted by Gasteiger charge is 2.14. The van der Waals surface area contributed by atoms with E-state index in [9.17, 15) is 17.2 Å². The smallest absolute Gasteiger partial charge is 0.177 e. The van der Waals surface area contributed by atoms with Gasteiger partial charge < -0.3 is 5.32 Å². The zero-order valence-corrected chi connectivity index (χ0v) is 15.5. The topological polar surface area (TPSA) is 72.0 Å². The third kappa shape index (κ3) is 4.46. The number of benzene rings is 1. The summed E-state index contributed by atoms with van der Waals surface area (Å²) in [7, 11) is -3.45. The number of hydrogen-bond acceptors (Lipinski definition) is 5. The van der Waals surface area contributed by atoms with Crippen LogP contribution in [0.15, 0.2) is 59.9 Å². The molecule has 140 valence electrons. The Morgan fingerprint density at radius 1 is 1.04 bits per heavy atom. The number of anilines is 1. The molecule has 0 aliphatic heterocycles. The van der Waals surface area contributed by atoms with Gasteiger partial charge in [0.2, 0.25) is 0 Å². The van der Waals surface area contributed by atoms with Gasteiger partial charge in [-0.05, 0) is 30.7 Å². The molecular weight excluding hydrogens is 372 g/mol. The molecule has 0 aliphatic carbocycles. The summed E-state index contributed by atoms with van der Waals surface area (Å²) in [6, 6.07) is 8.36. The lowest BCUT2D eigenvalue weighted by atomic mass is 10.1. The van der Waals surface area contributed by atoms with E-state index in [0.717, 1.165) is 11.8 Å². The molecule has 1 aromatic carbocycles. The molecule has 0 amide bonds. The normalized spacial score (nSPS) is 12.6. The molecule has 0 saturated carbocycles. The van der Waals surface area contributed by atoms with Crippen molar-refractivity contribution in [2.45, 2.75) is 17.9 Å². The van der Waals surface area contributed by atoms with E-state index < -0.39 is 15.7 Å². The molecule has 0 bridgehead atoms. The summed E-state index contributed by atoms with van der Waals surface area (Å²) in [5.41, 5.74) is 1.29. The van der Waals surface area contributed by atoms with Crippen molar-refractivity contribution in [1.29, 1.82) is 0 Å². The quantitative estimate of drug-likeness (QED) is 0.714. The zero-order chi connectivity index (χ0) is 19.6. The van der Waals surface area contributed by atoms with E-state index in [1.165, 1.54) is 42.9 Å². The molecule has 0 aliphatic rings. The zero-order valence-electron chi connectivity index (χ0n) is 14.6. The maximum atomic E-state index is 14.6. The first kappa shape index (κ1) is 18.9. The Kier molecular flexibility index (Phi) is 5.18. The van der Waals surface area contributed by atoms with Crippen LogP contribution < -0.4 is 5.32 Å². The predicted molar refractivity (Wildman–Crippen MR) is 99.0 cm³/mol. The Morgan fingerprint density at radius 2 is 1.74 bits per heavy atom. The van der Waals surface area contributed by atoms with Crippen LogP contribution in [0.4, 0.5) is 14.6 Å². The van der Waals surface area contributed by atoms with Crippen LogP contribution in [-0.4, -0.2) is 24.6 Å². The van der Waals surface area contributed by atoms with E-state index in [-0.39, 0.29) is 22.3 Å². The molecule has 27 heavy (non-hydrogen) atoms. The number of rotatable bonds is 5. The molecule has 0 saturated heterocycles. The Morgan fingerprint density at radius 3 is 2.37 bits per heavy atom. The summed E-state index contributed by atoms with van der Waals surface area (Å²) in [5.74, 6) is -0.587. The van der Waals surface area contributed by atoms with Gasteiger partial charge in [0.05, 0.1) is 4.90 Å². The Hall–Kier alpha value is -2.87. The molecule has 0 spiro atoms. The van der Waals surface area contributed by atoms with Crippen molar-refractivity contribution in [3.63, 3.8) is 0 Å². The molecule has 1 atom stereocenters. The number of hydrogen-bond donors (Lipinski definition) is 1. The van der Waals surface area contributed by atoms with Crippen LogP contribution >= 0.6 is 0 Å². The summed E-state index contributed by atoms with van der Waals surface area (Å²) in [5, 5.41) is 3.05. The number of nitrogens with one attached hydrogen (secondary N) is 1. The summed E-state index contributed by atoms with van der Waals surface area (Å²) >= 11 is 0. The van der Waals surface area contributed by atoms with Gasteiger partial charge in [0, 0.05) is 48.1 Å². The van der Waals surface area contributed by atoms with E-state index in [2.05, 4.69) is 15.3 Å². The van der Waals surface area contributed by atoms with Gasteiger partial charge in [0.15, 0.2) is 9.84 Å². The average molecular weight is 389 g/mol. The van der Waals surface area contributed by atoms with E-state index >= 15 is 0 Å². The number of halogens is 2. The molecule has 2 aromatic heterocycles. The first-order chi connectivity index (χ1) is 12.7. The van der Waals surface area contributed by atoms with Crippen molar-refractivity contribution in [2.24, 2.45) is 0 Å². The predicted octanol–water partition coefficient (Wildman–Crippen LogP) is 4.00. The highest BCUT2D eigenvalue weighted by atomic mass is 32.2. The summed E-state index contributed by atoms with van der Waals surface area (Å²) < 4.78 is 50.9. The number of pyridine rings is 2. The fourth-order valence-electron chi connectivity index (χ4n) is 2.55. The molecule has 3 rings (SSSR count). The van der Waals surface area contributed by atoms with Gasteiger partial charge in [0.25, 0.3) is 0 Å². The second-order valence-corrected chi connectivity index (χ2v) is 8.16. The van der Waals surface area contributed by atoms with E-state index in [1.54, 1.807) is 12.1 Å². The number of nitrogens with zero attached hydrogens (tertiary/aromatic N) is 2. The van der Waals surface area contributed by atoms with Gasteiger partial charge in [0.1, 0.15) is 17.5 Å². The molecule has 3 aromatic rings. The van der Waals surface area contributed by atoms with E-state index in [4.69, 9.17) is 0 Å². The van der Waals surface area contributed by atoms with Gasteiger partial charge in [-0.3, -0.25) is 4.98 Å². The first-order valence-corrected chi connectivity index (χ1v) is 9.96. The molecular formula is C19H17F2N3O2S. The second kappa shape index (κ2) is 7.40. The molecule has 2 heterocycles. The lowest BCUT2D eigenvalue weighted by Crippen LogP contribution is -2.08. The molecule has 0 radical (unpaired) electrons. The SMILES string of the molecule is CC(Nc1cc(F)c(-c2cncc(S(C)(=O)=O)c2)cn1)c1ccc(F)cc1. The van der Waals surface area contributed by atoms with Crippen LogP contribution in [-0.2, 0) is 9.84 Å². The van der Waals surface area contributed by atoms with Crippen molar-refractivity contribution >= 4 is 15.7 Å². The molecule has 8 heteroatoms. The lowest BCUT2D eigenvalue weighted by Gasteiger charge is -2.15. The van der Waals surface area contributed by atoms with E-state index in [1.807, 2.05) is 6.92 Å². The highest BCUT2D eigenvalue weighted by molar-refractivity contribution is 7.90. The number of sulfone groups is 1. The molecule has 1 unspecified atom stereocenters. The van der Waals surface area contributed by atoms with Crippen LogP contribution in [0.2, 0.25) is 0 Å². The maximum Gasteiger partial charge on any atom is 0.177 e. The van der Waals surface area contributed by atoms with Crippen LogP contribution in [0.3, 0.4) is 0 Å². The fraction of sp³-hybridized carbons (Fsp3) is 0.158. The number of aromatic nitrogens is 2. The summed E-state index contributed by atoms with van der Waals surface area (Å²) in [4.78, 5) is 8.06. The Balaban J connectivity index is 1.85. The minimum absolute atomic E-state index is 0.00605. The standard InChI is InChI=1S/C19H17F2N3O2S/c1-12(13-3-5-15(20)6-4-13)24-19-8-18(21)17(11-23-19)14-7-16(10-22-9-14)27(2,25)26/h3-12H,1-2H3,(H,23,24). The van der Waals surface area contributed by atoms with Gasteiger partial charge in [-0.1, -0.05) is 12.1 Å². The minimum atomic E-state index is -3.45.